The Morgan fingerprint density at radius 2 is 2.00 bits per heavy atom. The molecule has 2 aromatic carbocycles. The number of aryl methyl sites for hydroxylation is 1. The third-order valence-corrected chi connectivity index (χ3v) is 2.56. The zero-order chi connectivity index (χ0) is 10.8. The molecule has 3 N–H and O–H groups in total. The minimum absolute atomic E-state index is 0.813. The van der Waals surface area contributed by atoms with Crippen molar-refractivity contribution in [3.8, 4) is 0 Å². The summed E-state index contributed by atoms with van der Waals surface area (Å²) in [4.78, 5) is 0. The van der Waals surface area contributed by atoms with Gasteiger partial charge in [-0.25, -0.2) is 0 Å². The quantitative estimate of drug-likeness (QED) is 0.731. The molecule has 0 heterocycles. The molecule has 2 aromatic rings. The number of benzene rings is 2. The molecule has 0 saturated heterocycles. The van der Waals surface area contributed by atoms with Crippen LogP contribution in [-0.4, -0.2) is 6.54 Å². The predicted molar refractivity (Wildman–Crippen MR) is 67.3 cm³/mol. The number of nitrogens with one attached hydrogen (secondary N) is 1. The van der Waals surface area contributed by atoms with Gasteiger partial charge in [0, 0.05) is 11.9 Å². The molecule has 0 saturated carbocycles. The van der Waals surface area contributed by atoms with Gasteiger partial charge in [-0.2, -0.15) is 0 Å². The number of nitrogen functional groups attached to an aromatic ring is 1. The SMILES string of the molecule is CCNc1c(N)ccc2cc(C)ccc12. The third kappa shape index (κ3) is 1.75. The van der Waals surface area contributed by atoms with E-state index in [2.05, 4.69) is 43.4 Å². The van der Waals surface area contributed by atoms with Crippen molar-refractivity contribution in [1.29, 1.82) is 0 Å². The first-order valence-electron chi connectivity index (χ1n) is 5.25. The van der Waals surface area contributed by atoms with Gasteiger partial charge in [-0.3, -0.25) is 0 Å². The number of nitrogens with two attached hydrogens (primary N) is 1. The highest BCUT2D eigenvalue weighted by Gasteiger charge is 2.03. The Hall–Kier alpha value is -1.70. The first-order chi connectivity index (χ1) is 7.22. The molecule has 0 amide bonds. The minimum Gasteiger partial charge on any atom is -0.397 e. The van der Waals surface area contributed by atoms with E-state index in [1.807, 2.05) is 6.07 Å². The monoisotopic (exact) mass is 200 g/mol. The molecule has 0 aliphatic heterocycles. The second-order valence-electron chi connectivity index (χ2n) is 3.78. The van der Waals surface area contributed by atoms with Gasteiger partial charge < -0.3 is 11.1 Å². The lowest BCUT2D eigenvalue weighted by molar-refractivity contribution is 1.22. The van der Waals surface area contributed by atoms with Crippen LogP contribution in [0.2, 0.25) is 0 Å². The number of anilines is 2. The fraction of sp³-hybridized carbons (Fsp3) is 0.231. The summed E-state index contributed by atoms with van der Waals surface area (Å²) < 4.78 is 0. The molecule has 2 nitrogen and oxygen atoms in total. The summed E-state index contributed by atoms with van der Waals surface area (Å²) >= 11 is 0. The summed E-state index contributed by atoms with van der Waals surface area (Å²) in [6, 6.07) is 10.4. The van der Waals surface area contributed by atoms with Crippen molar-refractivity contribution in [2.45, 2.75) is 13.8 Å². The van der Waals surface area contributed by atoms with Crippen LogP contribution in [0.5, 0.6) is 0 Å². The summed E-state index contributed by atoms with van der Waals surface area (Å²) in [6.45, 7) is 5.06. The highest BCUT2D eigenvalue weighted by atomic mass is 14.9. The number of hydrogen-bond donors (Lipinski definition) is 2. The molecule has 0 aliphatic rings. The molecule has 0 fully saturated rings. The molecular weight excluding hydrogens is 184 g/mol. The highest BCUT2D eigenvalue weighted by Crippen LogP contribution is 2.29. The van der Waals surface area contributed by atoms with E-state index in [1.165, 1.54) is 16.3 Å². The minimum atomic E-state index is 0.813. The van der Waals surface area contributed by atoms with Gasteiger partial charge in [-0.1, -0.05) is 29.8 Å². The second kappa shape index (κ2) is 3.81. The van der Waals surface area contributed by atoms with Gasteiger partial charge in [-0.05, 0) is 25.3 Å². The van der Waals surface area contributed by atoms with Gasteiger partial charge in [0.2, 0.25) is 0 Å². The summed E-state index contributed by atoms with van der Waals surface area (Å²) in [5.41, 5.74) is 9.09. The van der Waals surface area contributed by atoms with Crippen molar-refractivity contribution in [3.05, 3.63) is 35.9 Å². The van der Waals surface area contributed by atoms with E-state index in [0.717, 1.165) is 17.9 Å². The molecule has 0 aliphatic carbocycles. The summed E-state index contributed by atoms with van der Waals surface area (Å²) in [6.07, 6.45) is 0. The Balaban J connectivity index is 2.70. The maximum absolute atomic E-state index is 5.95. The fourth-order valence-corrected chi connectivity index (χ4v) is 1.84. The van der Waals surface area contributed by atoms with Crippen LogP contribution in [0.15, 0.2) is 30.3 Å². The van der Waals surface area contributed by atoms with E-state index in [0.29, 0.717) is 0 Å². The van der Waals surface area contributed by atoms with Crippen molar-refractivity contribution in [1.82, 2.24) is 0 Å². The van der Waals surface area contributed by atoms with Crippen LogP contribution in [0.1, 0.15) is 12.5 Å². The first-order valence-corrected chi connectivity index (χ1v) is 5.25. The average Bonchev–Trinajstić information content (AvgIpc) is 2.22. The van der Waals surface area contributed by atoms with Gasteiger partial charge in [-0.15, -0.1) is 0 Å². The molecule has 0 unspecified atom stereocenters. The molecule has 2 rings (SSSR count). The Morgan fingerprint density at radius 3 is 2.73 bits per heavy atom. The number of hydrogen-bond acceptors (Lipinski definition) is 2. The zero-order valence-corrected chi connectivity index (χ0v) is 9.17. The van der Waals surface area contributed by atoms with Gasteiger partial charge in [0.25, 0.3) is 0 Å². The van der Waals surface area contributed by atoms with Crippen molar-refractivity contribution < 1.29 is 0 Å². The Kier molecular flexibility index (Phi) is 2.50. The standard InChI is InChI=1S/C13H16N2/c1-3-15-13-11-6-4-9(2)8-10(11)5-7-12(13)14/h4-8,15H,3,14H2,1-2H3. The molecule has 15 heavy (non-hydrogen) atoms. The Morgan fingerprint density at radius 1 is 1.20 bits per heavy atom. The smallest absolute Gasteiger partial charge is 0.0653 e. The molecule has 0 radical (unpaired) electrons. The van der Waals surface area contributed by atoms with Gasteiger partial charge in [0.05, 0.1) is 11.4 Å². The Labute approximate surface area is 90.1 Å². The molecule has 0 spiro atoms. The molecule has 0 bridgehead atoms. The summed E-state index contributed by atoms with van der Waals surface area (Å²) in [7, 11) is 0. The van der Waals surface area contributed by atoms with E-state index in [9.17, 15) is 0 Å². The van der Waals surface area contributed by atoms with Crippen LogP contribution in [0.25, 0.3) is 10.8 Å². The predicted octanol–water partition coefficient (Wildman–Crippen LogP) is 3.16. The van der Waals surface area contributed by atoms with Crippen LogP contribution >= 0.6 is 0 Å². The van der Waals surface area contributed by atoms with Crippen molar-refractivity contribution >= 4 is 22.1 Å². The normalized spacial score (nSPS) is 10.5. The average molecular weight is 200 g/mol. The first kappa shape index (κ1) is 9.84. The fourth-order valence-electron chi connectivity index (χ4n) is 1.84. The van der Waals surface area contributed by atoms with E-state index in [1.54, 1.807) is 0 Å². The molecular formula is C13H16N2. The molecule has 0 atom stereocenters. The number of rotatable bonds is 2. The van der Waals surface area contributed by atoms with Crippen LogP contribution in [-0.2, 0) is 0 Å². The molecule has 2 heteroatoms. The van der Waals surface area contributed by atoms with Gasteiger partial charge in [0.1, 0.15) is 0 Å². The lowest BCUT2D eigenvalue weighted by Crippen LogP contribution is -2.01. The lowest BCUT2D eigenvalue weighted by atomic mass is 10.0. The third-order valence-electron chi connectivity index (χ3n) is 2.56. The maximum atomic E-state index is 5.95. The van der Waals surface area contributed by atoms with Crippen molar-refractivity contribution in [2.24, 2.45) is 0 Å². The van der Waals surface area contributed by atoms with E-state index in [-0.39, 0.29) is 0 Å². The largest absolute Gasteiger partial charge is 0.397 e. The van der Waals surface area contributed by atoms with Gasteiger partial charge in [0.15, 0.2) is 0 Å². The summed E-state index contributed by atoms with van der Waals surface area (Å²) in [5.74, 6) is 0. The van der Waals surface area contributed by atoms with Crippen LogP contribution in [0, 0.1) is 6.92 Å². The zero-order valence-electron chi connectivity index (χ0n) is 9.17. The second-order valence-corrected chi connectivity index (χ2v) is 3.78. The van der Waals surface area contributed by atoms with E-state index < -0.39 is 0 Å². The van der Waals surface area contributed by atoms with Crippen LogP contribution < -0.4 is 11.1 Å². The number of fused-ring (bicyclic) bond motifs is 1. The molecule has 78 valence electrons. The van der Waals surface area contributed by atoms with E-state index in [4.69, 9.17) is 5.73 Å². The maximum Gasteiger partial charge on any atom is 0.0653 e. The molecule has 0 aromatic heterocycles. The van der Waals surface area contributed by atoms with E-state index >= 15 is 0 Å². The van der Waals surface area contributed by atoms with Crippen LogP contribution in [0.3, 0.4) is 0 Å². The topological polar surface area (TPSA) is 38.0 Å². The summed E-state index contributed by atoms with van der Waals surface area (Å²) in [5, 5.41) is 5.75. The van der Waals surface area contributed by atoms with Crippen molar-refractivity contribution in [3.63, 3.8) is 0 Å². The Bertz CT molecular complexity index is 489. The van der Waals surface area contributed by atoms with Gasteiger partial charge >= 0.3 is 0 Å². The van der Waals surface area contributed by atoms with Crippen molar-refractivity contribution in [2.75, 3.05) is 17.6 Å². The van der Waals surface area contributed by atoms with Crippen LogP contribution in [0.4, 0.5) is 11.4 Å². The highest BCUT2D eigenvalue weighted by molar-refractivity contribution is 5.99. The lowest BCUT2D eigenvalue weighted by Gasteiger charge is -2.11.